The van der Waals surface area contributed by atoms with Crippen molar-refractivity contribution in [1.82, 2.24) is 15.3 Å². The number of nitrogens with one attached hydrogen (secondary N) is 1. The Bertz CT molecular complexity index is 861. The molecule has 1 amide bonds. The van der Waals surface area contributed by atoms with E-state index in [9.17, 15) is 18.0 Å². The van der Waals surface area contributed by atoms with E-state index in [1.807, 2.05) is 0 Å². The van der Waals surface area contributed by atoms with Crippen molar-refractivity contribution in [2.45, 2.75) is 6.18 Å². The minimum atomic E-state index is -4.53. The van der Waals surface area contributed by atoms with Gasteiger partial charge in [-0.2, -0.15) is 13.2 Å². The number of aromatic nitrogens is 2. The molecule has 144 valence electrons. The highest BCUT2D eigenvalue weighted by Crippen LogP contribution is 2.33. The summed E-state index contributed by atoms with van der Waals surface area (Å²) in [6.07, 6.45) is 0.473. The minimum Gasteiger partial charge on any atom is -0.472 e. The SMILES string of the molecule is O=C(NCC=CCOc1ncc(C(F)(F)F)cc1Cl)c1cnc(Cl)cc1Cl. The van der Waals surface area contributed by atoms with Gasteiger partial charge in [0.1, 0.15) is 16.8 Å². The van der Waals surface area contributed by atoms with Crippen LogP contribution in [0, 0.1) is 0 Å². The molecule has 5 nitrogen and oxygen atoms in total. The molecule has 0 fully saturated rings. The quantitative estimate of drug-likeness (QED) is 0.517. The second kappa shape index (κ2) is 9.25. The van der Waals surface area contributed by atoms with Gasteiger partial charge in [-0.15, -0.1) is 0 Å². The van der Waals surface area contributed by atoms with Crippen molar-refractivity contribution in [1.29, 1.82) is 0 Å². The number of nitrogens with zero attached hydrogens (tertiary/aromatic N) is 2. The predicted molar refractivity (Wildman–Crippen MR) is 95.5 cm³/mol. The van der Waals surface area contributed by atoms with Crippen LogP contribution in [0.15, 0.2) is 36.7 Å². The molecule has 0 spiro atoms. The van der Waals surface area contributed by atoms with Crippen LogP contribution in [0.1, 0.15) is 15.9 Å². The lowest BCUT2D eigenvalue weighted by Gasteiger charge is -2.09. The number of carbonyl (C=O) groups excluding carboxylic acids is 1. The summed E-state index contributed by atoms with van der Waals surface area (Å²) in [7, 11) is 0. The van der Waals surface area contributed by atoms with Crippen LogP contribution in [0.2, 0.25) is 15.2 Å². The molecule has 1 N–H and O–H groups in total. The maximum absolute atomic E-state index is 12.5. The molecule has 2 aromatic heterocycles. The van der Waals surface area contributed by atoms with Gasteiger partial charge in [-0.3, -0.25) is 4.79 Å². The largest absolute Gasteiger partial charge is 0.472 e. The fourth-order valence-corrected chi connectivity index (χ4v) is 2.46. The highest BCUT2D eigenvalue weighted by atomic mass is 35.5. The Kier molecular flexibility index (Phi) is 7.29. The number of amides is 1. The summed E-state index contributed by atoms with van der Waals surface area (Å²) in [4.78, 5) is 19.2. The molecule has 0 aliphatic carbocycles. The van der Waals surface area contributed by atoms with Crippen LogP contribution in [0.25, 0.3) is 0 Å². The molecule has 0 radical (unpaired) electrons. The van der Waals surface area contributed by atoms with E-state index in [1.54, 1.807) is 6.08 Å². The summed E-state index contributed by atoms with van der Waals surface area (Å²) in [5.41, 5.74) is -0.792. The molecule has 0 saturated heterocycles. The van der Waals surface area contributed by atoms with E-state index < -0.39 is 17.6 Å². The minimum absolute atomic E-state index is 0.00277. The van der Waals surface area contributed by atoms with Gasteiger partial charge in [-0.25, -0.2) is 9.97 Å². The number of rotatable bonds is 6. The lowest BCUT2D eigenvalue weighted by Crippen LogP contribution is -2.23. The van der Waals surface area contributed by atoms with Crippen molar-refractivity contribution in [3.05, 3.63) is 63.0 Å². The van der Waals surface area contributed by atoms with Gasteiger partial charge < -0.3 is 10.1 Å². The van der Waals surface area contributed by atoms with E-state index in [0.717, 1.165) is 6.07 Å². The molecule has 2 heterocycles. The van der Waals surface area contributed by atoms with Crippen molar-refractivity contribution in [2.75, 3.05) is 13.2 Å². The van der Waals surface area contributed by atoms with Gasteiger partial charge in [0.2, 0.25) is 5.88 Å². The Balaban J connectivity index is 1.80. The van der Waals surface area contributed by atoms with Gasteiger partial charge in [-0.05, 0) is 18.2 Å². The maximum Gasteiger partial charge on any atom is 0.417 e. The fraction of sp³-hybridized carbons (Fsp3) is 0.188. The number of carbonyl (C=O) groups is 1. The zero-order chi connectivity index (χ0) is 20.0. The van der Waals surface area contributed by atoms with Crippen molar-refractivity contribution in [3.63, 3.8) is 0 Å². The number of hydrogen-bond acceptors (Lipinski definition) is 4. The molecular weight excluding hydrogens is 430 g/mol. The number of pyridine rings is 2. The molecule has 0 aromatic carbocycles. The van der Waals surface area contributed by atoms with E-state index in [1.165, 1.54) is 18.3 Å². The van der Waals surface area contributed by atoms with Gasteiger partial charge in [0.15, 0.2) is 0 Å². The topological polar surface area (TPSA) is 64.1 Å². The van der Waals surface area contributed by atoms with Crippen molar-refractivity contribution in [3.8, 4) is 5.88 Å². The van der Waals surface area contributed by atoms with Crippen LogP contribution in [0.3, 0.4) is 0 Å². The normalized spacial score (nSPS) is 11.6. The van der Waals surface area contributed by atoms with E-state index >= 15 is 0 Å². The van der Waals surface area contributed by atoms with E-state index in [0.29, 0.717) is 6.20 Å². The predicted octanol–water partition coefficient (Wildman–Crippen LogP) is 4.82. The van der Waals surface area contributed by atoms with Crippen LogP contribution in [0.5, 0.6) is 5.88 Å². The maximum atomic E-state index is 12.5. The summed E-state index contributed by atoms with van der Waals surface area (Å²) in [6.45, 7) is 0.159. The highest BCUT2D eigenvalue weighted by molar-refractivity contribution is 6.36. The molecule has 2 aromatic rings. The lowest BCUT2D eigenvalue weighted by molar-refractivity contribution is -0.137. The molecule has 0 aliphatic rings. The highest BCUT2D eigenvalue weighted by Gasteiger charge is 2.31. The summed E-state index contributed by atoms with van der Waals surface area (Å²) >= 11 is 17.3. The van der Waals surface area contributed by atoms with Gasteiger partial charge in [0.05, 0.1) is 16.1 Å². The third-order valence-corrected chi connectivity index (χ3v) is 3.85. The van der Waals surface area contributed by atoms with Gasteiger partial charge >= 0.3 is 6.18 Å². The Morgan fingerprint density at radius 2 is 1.85 bits per heavy atom. The summed E-state index contributed by atoms with van der Waals surface area (Å²) < 4.78 is 42.7. The number of ether oxygens (including phenoxy) is 1. The fourth-order valence-electron chi connectivity index (χ4n) is 1.79. The summed E-state index contributed by atoms with van der Waals surface area (Å²) in [5, 5.41) is 2.66. The van der Waals surface area contributed by atoms with E-state index in [-0.39, 0.29) is 39.8 Å². The van der Waals surface area contributed by atoms with E-state index in [2.05, 4.69) is 15.3 Å². The van der Waals surface area contributed by atoms with Crippen LogP contribution < -0.4 is 10.1 Å². The first-order chi connectivity index (χ1) is 12.7. The van der Waals surface area contributed by atoms with Gasteiger partial charge in [0, 0.05) is 18.9 Å². The average molecular weight is 441 g/mol. The van der Waals surface area contributed by atoms with E-state index in [4.69, 9.17) is 39.5 Å². The molecule has 11 heteroatoms. The molecule has 0 unspecified atom stereocenters. The average Bonchev–Trinajstić information content (AvgIpc) is 2.58. The Morgan fingerprint density at radius 1 is 1.11 bits per heavy atom. The van der Waals surface area contributed by atoms with Crippen molar-refractivity contribution in [2.24, 2.45) is 0 Å². The number of halogens is 6. The molecule has 0 aliphatic heterocycles. The molecule has 0 bridgehead atoms. The number of hydrogen-bond donors (Lipinski definition) is 1. The van der Waals surface area contributed by atoms with Crippen molar-refractivity contribution >= 4 is 40.7 Å². The zero-order valence-corrected chi connectivity index (χ0v) is 15.6. The molecule has 0 atom stereocenters. The van der Waals surface area contributed by atoms with Crippen LogP contribution in [-0.4, -0.2) is 29.0 Å². The number of alkyl halides is 3. The zero-order valence-electron chi connectivity index (χ0n) is 13.4. The van der Waals surface area contributed by atoms with Crippen molar-refractivity contribution < 1.29 is 22.7 Å². The van der Waals surface area contributed by atoms with Gasteiger partial charge in [0.25, 0.3) is 5.91 Å². The molecule has 27 heavy (non-hydrogen) atoms. The first kappa shape index (κ1) is 21.3. The monoisotopic (exact) mass is 439 g/mol. The lowest BCUT2D eigenvalue weighted by atomic mass is 10.2. The Morgan fingerprint density at radius 3 is 2.48 bits per heavy atom. The molecule has 2 rings (SSSR count). The van der Waals surface area contributed by atoms with Gasteiger partial charge in [-0.1, -0.05) is 40.9 Å². The first-order valence-corrected chi connectivity index (χ1v) is 8.41. The van der Waals surface area contributed by atoms with Crippen LogP contribution in [0.4, 0.5) is 13.2 Å². The van der Waals surface area contributed by atoms with Crippen LogP contribution >= 0.6 is 34.8 Å². The first-order valence-electron chi connectivity index (χ1n) is 7.28. The standard InChI is InChI=1S/C16H11Cl3F3N3O2/c17-11-6-13(19)24-8-10(11)14(26)23-3-1-2-4-27-15-12(18)5-9(7-25-15)16(20,21)22/h1-2,5-8H,3-4H2,(H,23,26). The Labute approximate surface area is 167 Å². The summed E-state index contributed by atoms with van der Waals surface area (Å²) in [6, 6.07) is 2.08. The second-order valence-corrected chi connectivity index (χ2v) is 6.19. The third kappa shape index (κ3) is 6.27. The second-order valence-electron chi connectivity index (χ2n) is 4.99. The Hall–Kier alpha value is -2.03. The summed E-state index contributed by atoms with van der Waals surface area (Å²) in [5.74, 6) is -0.570. The molecular formula is C16H11Cl3F3N3O2. The third-order valence-electron chi connectivity index (χ3n) is 3.06. The van der Waals surface area contributed by atoms with Crippen LogP contribution in [-0.2, 0) is 6.18 Å². The smallest absolute Gasteiger partial charge is 0.417 e. The molecule has 0 saturated carbocycles.